The fourth-order valence-corrected chi connectivity index (χ4v) is 5.60. The molecule has 4 heterocycles. The van der Waals surface area contributed by atoms with Crippen molar-refractivity contribution < 1.29 is 18.3 Å². The standard InChI is InChI=1S/C32H34F2N6O3/c1-7-25(41)38-14-15-39(20(6)17-38)30-21-16-23(34)28(26-22(33)10-9-11-24(26)43-8-2)36-31(21)40(32(42)37-30)29-19(5)12-13-35-27(29)18(3)4/h7,9-13,16,18,20H,1,8,14-15,17H2,2-6H3/t20-/m0/s1. The van der Waals surface area contributed by atoms with E-state index in [1.807, 2.05) is 32.6 Å². The topological polar surface area (TPSA) is 93.5 Å². The Hall–Kier alpha value is -4.67. The fraction of sp³-hybridized carbons (Fsp3) is 0.344. The van der Waals surface area contributed by atoms with Crippen LogP contribution < -0.4 is 15.3 Å². The summed E-state index contributed by atoms with van der Waals surface area (Å²) in [7, 11) is 0. The minimum atomic E-state index is -0.799. The van der Waals surface area contributed by atoms with Crippen LogP contribution in [-0.2, 0) is 4.79 Å². The van der Waals surface area contributed by atoms with Crippen LogP contribution in [0.3, 0.4) is 0 Å². The first kappa shape index (κ1) is 29.8. The number of hydrogen-bond acceptors (Lipinski definition) is 7. The molecule has 4 aromatic rings. The van der Waals surface area contributed by atoms with E-state index in [4.69, 9.17) is 4.74 Å². The Morgan fingerprint density at radius 2 is 1.95 bits per heavy atom. The highest BCUT2D eigenvalue weighted by molar-refractivity contribution is 5.91. The van der Waals surface area contributed by atoms with E-state index in [2.05, 4.69) is 21.5 Å². The van der Waals surface area contributed by atoms with Crippen LogP contribution in [0.25, 0.3) is 28.0 Å². The number of hydrogen-bond donors (Lipinski definition) is 0. The highest BCUT2D eigenvalue weighted by atomic mass is 19.1. The van der Waals surface area contributed by atoms with E-state index in [1.165, 1.54) is 28.8 Å². The predicted molar refractivity (Wildman–Crippen MR) is 162 cm³/mol. The van der Waals surface area contributed by atoms with Crippen molar-refractivity contribution in [1.29, 1.82) is 0 Å². The Morgan fingerprint density at radius 1 is 1.19 bits per heavy atom. The second-order valence-electron chi connectivity index (χ2n) is 10.8. The molecule has 0 radical (unpaired) electrons. The van der Waals surface area contributed by atoms with E-state index in [1.54, 1.807) is 30.2 Å². The number of amides is 1. The van der Waals surface area contributed by atoms with Gasteiger partial charge in [0.1, 0.15) is 23.1 Å². The van der Waals surface area contributed by atoms with Crippen molar-refractivity contribution in [3.63, 3.8) is 0 Å². The molecule has 1 aliphatic rings. The van der Waals surface area contributed by atoms with Gasteiger partial charge < -0.3 is 14.5 Å². The third-order valence-corrected chi connectivity index (χ3v) is 7.62. The number of aromatic nitrogens is 4. The smallest absolute Gasteiger partial charge is 0.355 e. The molecule has 0 saturated carbocycles. The van der Waals surface area contributed by atoms with Crippen molar-refractivity contribution in [2.75, 3.05) is 31.1 Å². The van der Waals surface area contributed by atoms with Gasteiger partial charge >= 0.3 is 5.69 Å². The van der Waals surface area contributed by atoms with Crippen LogP contribution in [0, 0.1) is 18.6 Å². The summed E-state index contributed by atoms with van der Waals surface area (Å²) in [5.74, 6) is -1.40. The molecule has 3 aromatic heterocycles. The minimum absolute atomic E-state index is 0.0666. The van der Waals surface area contributed by atoms with Gasteiger partial charge in [-0.2, -0.15) is 4.98 Å². The molecule has 0 N–H and O–H groups in total. The maximum atomic E-state index is 16.1. The number of benzene rings is 1. The molecule has 0 aliphatic carbocycles. The number of anilines is 1. The molecule has 0 unspecified atom stereocenters. The van der Waals surface area contributed by atoms with Crippen LogP contribution in [0.15, 0.2) is 54.0 Å². The van der Waals surface area contributed by atoms with Crippen molar-refractivity contribution in [3.05, 3.63) is 82.6 Å². The van der Waals surface area contributed by atoms with Crippen molar-refractivity contribution >= 4 is 22.8 Å². The van der Waals surface area contributed by atoms with E-state index in [0.29, 0.717) is 31.0 Å². The summed E-state index contributed by atoms with van der Waals surface area (Å²) in [4.78, 5) is 43.5. The Balaban J connectivity index is 1.84. The number of fused-ring (bicyclic) bond motifs is 1. The molecule has 1 fully saturated rings. The quantitative estimate of drug-likeness (QED) is 0.275. The van der Waals surface area contributed by atoms with Crippen molar-refractivity contribution in [3.8, 4) is 22.7 Å². The van der Waals surface area contributed by atoms with Gasteiger partial charge in [0.15, 0.2) is 11.5 Å². The second kappa shape index (κ2) is 11.9. The van der Waals surface area contributed by atoms with Gasteiger partial charge in [-0.25, -0.2) is 23.1 Å². The van der Waals surface area contributed by atoms with Crippen LogP contribution in [0.2, 0.25) is 0 Å². The molecule has 43 heavy (non-hydrogen) atoms. The lowest BCUT2D eigenvalue weighted by Crippen LogP contribution is -2.54. The first-order valence-corrected chi connectivity index (χ1v) is 14.3. The number of pyridine rings is 2. The highest BCUT2D eigenvalue weighted by Crippen LogP contribution is 2.37. The van der Waals surface area contributed by atoms with Crippen LogP contribution in [0.1, 0.15) is 44.9 Å². The minimum Gasteiger partial charge on any atom is -0.493 e. The molecule has 9 nitrogen and oxygen atoms in total. The number of halogens is 2. The summed E-state index contributed by atoms with van der Waals surface area (Å²) in [5.41, 5.74) is 0.906. The lowest BCUT2D eigenvalue weighted by Gasteiger charge is -2.40. The summed E-state index contributed by atoms with van der Waals surface area (Å²) in [5, 5.41) is 0.267. The molecule has 1 saturated heterocycles. The number of rotatable bonds is 7. The number of nitrogens with zero attached hydrogens (tertiary/aromatic N) is 6. The fourth-order valence-electron chi connectivity index (χ4n) is 5.60. The number of piperazine rings is 1. The van der Waals surface area contributed by atoms with Crippen LogP contribution in [0.5, 0.6) is 5.75 Å². The van der Waals surface area contributed by atoms with Gasteiger partial charge in [0.2, 0.25) is 5.91 Å². The van der Waals surface area contributed by atoms with E-state index in [-0.39, 0.29) is 58.3 Å². The Labute approximate surface area is 248 Å². The summed E-state index contributed by atoms with van der Waals surface area (Å²) in [6.45, 7) is 14.3. The predicted octanol–water partition coefficient (Wildman–Crippen LogP) is 5.17. The molecular weight excluding hydrogens is 554 g/mol. The average Bonchev–Trinajstić information content (AvgIpc) is 2.97. The zero-order chi connectivity index (χ0) is 31.0. The molecular formula is C32H34F2N6O3. The lowest BCUT2D eigenvalue weighted by atomic mass is 10.0. The van der Waals surface area contributed by atoms with Gasteiger partial charge in [0.25, 0.3) is 0 Å². The molecule has 1 amide bonds. The Morgan fingerprint density at radius 3 is 2.63 bits per heavy atom. The van der Waals surface area contributed by atoms with E-state index in [0.717, 1.165) is 5.56 Å². The molecule has 1 aromatic carbocycles. The Kier molecular flexibility index (Phi) is 8.25. The van der Waals surface area contributed by atoms with Crippen molar-refractivity contribution in [2.24, 2.45) is 0 Å². The summed E-state index contributed by atoms with van der Waals surface area (Å²) >= 11 is 0. The largest absolute Gasteiger partial charge is 0.493 e. The molecule has 1 aliphatic heterocycles. The normalized spacial score (nSPS) is 15.3. The molecule has 1 atom stereocenters. The molecule has 11 heteroatoms. The monoisotopic (exact) mass is 588 g/mol. The van der Waals surface area contributed by atoms with Gasteiger partial charge in [-0.05, 0) is 62.6 Å². The maximum Gasteiger partial charge on any atom is 0.355 e. The van der Waals surface area contributed by atoms with Gasteiger partial charge in [-0.1, -0.05) is 26.5 Å². The third-order valence-electron chi connectivity index (χ3n) is 7.62. The van der Waals surface area contributed by atoms with Gasteiger partial charge in [-0.15, -0.1) is 0 Å². The zero-order valence-corrected chi connectivity index (χ0v) is 24.9. The van der Waals surface area contributed by atoms with Gasteiger partial charge in [-0.3, -0.25) is 9.78 Å². The van der Waals surface area contributed by atoms with Crippen LogP contribution >= 0.6 is 0 Å². The average molecular weight is 589 g/mol. The van der Waals surface area contributed by atoms with E-state index >= 15 is 8.78 Å². The second-order valence-corrected chi connectivity index (χ2v) is 10.8. The summed E-state index contributed by atoms with van der Waals surface area (Å²) in [6, 6.07) is 7.00. The number of carbonyl (C=O) groups is 1. The lowest BCUT2D eigenvalue weighted by molar-refractivity contribution is -0.126. The van der Waals surface area contributed by atoms with E-state index < -0.39 is 17.3 Å². The number of aryl methyl sites for hydroxylation is 1. The van der Waals surface area contributed by atoms with E-state index in [9.17, 15) is 9.59 Å². The zero-order valence-electron chi connectivity index (χ0n) is 24.9. The summed E-state index contributed by atoms with van der Waals surface area (Å²) < 4.78 is 38.4. The molecule has 224 valence electrons. The SMILES string of the molecule is C=CC(=O)N1CCN(c2nc(=O)n(-c3c(C)ccnc3C(C)C)c3nc(-c4c(F)cccc4OCC)c(F)cc23)[C@@H](C)C1. The van der Waals surface area contributed by atoms with Crippen LogP contribution in [0.4, 0.5) is 14.6 Å². The first-order chi connectivity index (χ1) is 20.6. The van der Waals surface area contributed by atoms with Crippen molar-refractivity contribution in [1.82, 2.24) is 24.4 Å². The maximum absolute atomic E-state index is 16.1. The molecule has 0 bridgehead atoms. The van der Waals surface area contributed by atoms with Gasteiger partial charge in [0.05, 0.1) is 28.9 Å². The number of carbonyl (C=O) groups excluding carboxylic acids is 1. The van der Waals surface area contributed by atoms with Crippen molar-refractivity contribution in [2.45, 2.75) is 46.6 Å². The molecule has 5 rings (SSSR count). The Bertz CT molecular complexity index is 1790. The summed E-state index contributed by atoms with van der Waals surface area (Å²) in [6.07, 6.45) is 2.93. The highest BCUT2D eigenvalue weighted by Gasteiger charge is 2.31. The number of ether oxygens (including phenoxy) is 1. The van der Waals surface area contributed by atoms with Gasteiger partial charge in [0, 0.05) is 31.9 Å². The first-order valence-electron chi connectivity index (χ1n) is 14.3. The van der Waals surface area contributed by atoms with Crippen LogP contribution in [-0.4, -0.2) is 62.6 Å². The molecule has 0 spiro atoms. The third kappa shape index (κ3) is 5.35.